The Morgan fingerprint density at radius 1 is 0.372 bits per heavy atom. The lowest BCUT2D eigenvalue weighted by atomic mass is 10.0. The lowest BCUT2D eigenvalue weighted by Crippen LogP contribution is -2.30. The second-order valence-corrected chi connectivity index (χ2v) is 21.9. The molecule has 0 spiro atoms. The zero-order valence-electron chi connectivity index (χ0n) is 49.6. The molecule has 3 atom stereocenters. The number of aliphatic hydroxyl groups is 1. The van der Waals surface area contributed by atoms with Crippen molar-refractivity contribution in [2.45, 2.75) is 277 Å². The number of rotatable bonds is 57. The van der Waals surface area contributed by atoms with E-state index >= 15 is 0 Å². The van der Waals surface area contributed by atoms with Gasteiger partial charge in [0.15, 0.2) is 6.10 Å². The number of phosphoric acid groups is 1. The third kappa shape index (κ3) is 57.1. The molecule has 0 fully saturated rings. The third-order valence-corrected chi connectivity index (χ3v) is 14.0. The Balaban J connectivity index is 4.76. The number of ether oxygens (including phenoxy) is 3. The molecule has 0 aromatic carbocycles. The fraction of sp³-hybridized carbons (Fsp3) is 0.712. The first kappa shape index (κ1) is 74.4. The zero-order chi connectivity index (χ0) is 56.9. The van der Waals surface area contributed by atoms with Gasteiger partial charge in [0.05, 0.1) is 19.8 Å². The summed E-state index contributed by atoms with van der Waals surface area (Å²) in [6.45, 7) is 4.39. The second kappa shape index (κ2) is 59.5. The summed E-state index contributed by atoms with van der Waals surface area (Å²) in [6, 6.07) is 0. The molecule has 0 aromatic heterocycles. The monoisotopic (exact) mass is 1110 g/mol. The van der Waals surface area contributed by atoms with Gasteiger partial charge < -0.3 is 24.2 Å². The fourth-order valence-corrected chi connectivity index (χ4v) is 9.12. The Hall–Kier alpha value is -3.60. The summed E-state index contributed by atoms with van der Waals surface area (Å²) in [5.41, 5.74) is 0. The molecule has 0 amide bonds. The van der Waals surface area contributed by atoms with Crippen LogP contribution in [0.3, 0.4) is 0 Å². The van der Waals surface area contributed by atoms with Crippen LogP contribution < -0.4 is 0 Å². The van der Waals surface area contributed by atoms with E-state index in [9.17, 15) is 28.9 Å². The highest BCUT2D eigenvalue weighted by Gasteiger charge is 2.28. The van der Waals surface area contributed by atoms with Crippen LogP contribution in [-0.4, -0.2) is 66.5 Å². The molecule has 0 saturated carbocycles. The number of allylic oxidation sites excluding steroid dienone is 16. The van der Waals surface area contributed by atoms with E-state index in [1.165, 1.54) is 83.5 Å². The molecule has 0 aliphatic heterocycles. The average Bonchev–Trinajstić information content (AvgIpc) is 3.43. The summed E-state index contributed by atoms with van der Waals surface area (Å²) in [5.74, 6) is -1.52. The summed E-state index contributed by atoms with van der Waals surface area (Å²) in [6.07, 6.45) is 70.7. The van der Waals surface area contributed by atoms with Gasteiger partial charge in [-0.05, 0) is 96.3 Å². The topological polar surface area (TPSA) is 155 Å². The number of esters is 3. The standard InChI is InChI=1S/C66H113O11P/c1-4-7-10-13-16-19-22-25-28-30-31-33-36-39-42-45-48-51-54-57-66(70)77-63(59-73-64(68)55-52-49-46-43-40-37-34-27-24-21-18-15-12-9-6-3)61-75-78(71,72)74-60-62(58-67)76-65(69)56-53-50-47-44-41-38-35-32-29-26-23-20-17-14-11-8-5-2/h7,9-10,12,16,18-19,21,25,27-28,31,33-34,39,42,62-63,67H,4-6,8,11,13-15,17,20,22-24,26,29-30,32,35-38,40-41,43-61H2,1-3H3,(H,71,72)/b10-7-,12-9-,19-16-,21-18-,28-25-,33-31-,34-27-,42-39-. The molecule has 3 unspecified atom stereocenters. The number of hydrogen-bond donors (Lipinski definition) is 2. The molecule has 0 bridgehead atoms. The number of carbonyl (C=O) groups excluding carboxylic acids is 3. The van der Waals surface area contributed by atoms with Gasteiger partial charge in [-0.25, -0.2) is 4.57 Å². The normalized spacial score (nSPS) is 14.0. The number of carbonyl (C=O) groups is 3. The molecule has 11 nitrogen and oxygen atoms in total. The van der Waals surface area contributed by atoms with Gasteiger partial charge in [-0.2, -0.15) is 0 Å². The molecular weight excluding hydrogens is 1000 g/mol. The maximum Gasteiger partial charge on any atom is 0.472 e. The van der Waals surface area contributed by atoms with Crippen LogP contribution in [0.5, 0.6) is 0 Å². The predicted molar refractivity (Wildman–Crippen MR) is 325 cm³/mol. The van der Waals surface area contributed by atoms with Crippen LogP contribution in [0.4, 0.5) is 0 Å². The SMILES string of the molecule is CC/C=C\C/C=C\C/C=C\C/C=C\C/C=C\CCCCCC(=O)OC(COC(=O)CCCCCCC/C=C\C/C=C\C/C=C\CC)COP(=O)(O)OCC(CO)OC(=O)CCCCCCCCCCCCCCCCCCC. The summed E-state index contributed by atoms with van der Waals surface area (Å²) in [7, 11) is -4.77. The highest BCUT2D eigenvalue weighted by Crippen LogP contribution is 2.43. The van der Waals surface area contributed by atoms with Crippen molar-refractivity contribution in [3.8, 4) is 0 Å². The highest BCUT2D eigenvalue weighted by atomic mass is 31.2. The highest BCUT2D eigenvalue weighted by molar-refractivity contribution is 7.47. The van der Waals surface area contributed by atoms with E-state index < -0.39 is 57.8 Å². The molecular formula is C66H113O11P. The van der Waals surface area contributed by atoms with E-state index in [4.69, 9.17) is 23.3 Å². The van der Waals surface area contributed by atoms with E-state index in [2.05, 4.69) is 118 Å². The summed E-state index contributed by atoms with van der Waals surface area (Å²) in [4.78, 5) is 48.7. The minimum atomic E-state index is -4.77. The van der Waals surface area contributed by atoms with Crippen molar-refractivity contribution >= 4 is 25.7 Å². The Morgan fingerprint density at radius 2 is 0.667 bits per heavy atom. The minimum absolute atomic E-state index is 0.121. The summed E-state index contributed by atoms with van der Waals surface area (Å²) in [5, 5.41) is 9.85. The van der Waals surface area contributed by atoms with Gasteiger partial charge in [-0.15, -0.1) is 0 Å². The van der Waals surface area contributed by atoms with Gasteiger partial charge in [0.1, 0.15) is 12.7 Å². The predicted octanol–water partition coefficient (Wildman–Crippen LogP) is 18.8. The molecule has 0 aliphatic rings. The molecule has 0 heterocycles. The van der Waals surface area contributed by atoms with Gasteiger partial charge >= 0.3 is 25.7 Å². The van der Waals surface area contributed by atoms with Gasteiger partial charge in [0.25, 0.3) is 0 Å². The van der Waals surface area contributed by atoms with Crippen LogP contribution in [-0.2, 0) is 42.2 Å². The van der Waals surface area contributed by atoms with Crippen molar-refractivity contribution in [2.24, 2.45) is 0 Å². The molecule has 0 saturated heterocycles. The van der Waals surface area contributed by atoms with Gasteiger partial charge in [-0.1, -0.05) is 246 Å². The quantitative estimate of drug-likeness (QED) is 0.0197. The van der Waals surface area contributed by atoms with Crippen molar-refractivity contribution in [3.05, 3.63) is 97.2 Å². The van der Waals surface area contributed by atoms with Gasteiger partial charge in [0, 0.05) is 19.3 Å². The number of unbranched alkanes of at least 4 members (excludes halogenated alkanes) is 24. The Kier molecular flexibility index (Phi) is 56.8. The lowest BCUT2D eigenvalue weighted by Gasteiger charge is -2.21. The van der Waals surface area contributed by atoms with Gasteiger partial charge in [-0.3, -0.25) is 23.4 Å². The Bertz CT molecular complexity index is 1680. The molecule has 12 heteroatoms. The fourth-order valence-electron chi connectivity index (χ4n) is 8.34. The molecule has 2 N–H and O–H groups in total. The van der Waals surface area contributed by atoms with E-state index in [0.29, 0.717) is 19.3 Å². The molecule has 448 valence electrons. The summed E-state index contributed by atoms with van der Waals surface area (Å²) < 4.78 is 39.6. The van der Waals surface area contributed by atoms with Crippen LogP contribution in [0.25, 0.3) is 0 Å². The van der Waals surface area contributed by atoms with Gasteiger partial charge in [0.2, 0.25) is 0 Å². The lowest BCUT2D eigenvalue weighted by molar-refractivity contribution is -0.161. The van der Waals surface area contributed by atoms with Crippen molar-refractivity contribution in [2.75, 3.05) is 26.4 Å². The van der Waals surface area contributed by atoms with Crippen molar-refractivity contribution < 1.29 is 52.2 Å². The van der Waals surface area contributed by atoms with Crippen molar-refractivity contribution in [1.82, 2.24) is 0 Å². The molecule has 0 radical (unpaired) electrons. The number of hydrogen-bond acceptors (Lipinski definition) is 10. The maximum atomic E-state index is 12.9. The first-order chi connectivity index (χ1) is 38.2. The van der Waals surface area contributed by atoms with Crippen LogP contribution in [0.1, 0.15) is 265 Å². The van der Waals surface area contributed by atoms with Crippen molar-refractivity contribution in [1.29, 1.82) is 0 Å². The molecule has 78 heavy (non-hydrogen) atoms. The Labute approximate surface area is 476 Å². The van der Waals surface area contributed by atoms with E-state index in [0.717, 1.165) is 122 Å². The van der Waals surface area contributed by atoms with Crippen LogP contribution in [0, 0.1) is 0 Å². The van der Waals surface area contributed by atoms with E-state index in [1.54, 1.807) is 0 Å². The number of aliphatic hydroxyl groups excluding tert-OH is 1. The minimum Gasteiger partial charge on any atom is -0.462 e. The van der Waals surface area contributed by atoms with Crippen LogP contribution in [0.2, 0.25) is 0 Å². The van der Waals surface area contributed by atoms with Crippen LogP contribution >= 0.6 is 7.82 Å². The smallest absolute Gasteiger partial charge is 0.462 e. The first-order valence-electron chi connectivity index (χ1n) is 31.1. The zero-order valence-corrected chi connectivity index (χ0v) is 50.5. The maximum absolute atomic E-state index is 12.9. The first-order valence-corrected chi connectivity index (χ1v) is 32.6. The van der Waals surface area contributed by atoms with Crippen molar-refractivity contribution in [3.63, 3.8) is 0 Å². The molecule has 0 rings (SSSR count). The third-order valence-electron chi connectivity index (χ3n) is 13.0. The second-order valence-electron chi connectivity index (χ2n) is 20.5. The van der Waals surface area contributed by atoms with E-state index in [1.807, 2.05) is 0 Å². The molecule has 0 aliphatic carbocycles. The largest absolute Gasteiger partial charge is 0.472 e. The summed E-state index contributed by atoms with van der Waals surface area (Å²) >= 11 is 0. The van der Waals surface area contributed by atoms with Crippen LogP contribution in [0.15, 0.2) is 97.2 Å². The number of phosphoric ester groups is 1. The molecule has 0 aromatic rings. The van der Waals surface area contributed by atoms with E-state index in [-0.39, 0.29) is 25.9 Å². The Morgan fingerprint density at radius 3 is 1.04 bits per heavy atom. The average molecular weight is 1110 g/mol.